The van der Waals surface area contributed by atoms with Gasteiger partial charge in [-0.05, 0) is 91.1 Å². The fourth-order valence-corrected chi connectivity index (χ4v) is 5.34. The second-order valence-electron chi connectivity index (χ2n) is 11.0. The third-order valence-electron chi connectivity index (χ3n) is 7.78. The van der Waals surface area contributed by atoms with E-state index in [0.717, 1.165) is 37.4 Å². The van der Waals surface area contributed by atoms with Gasteiger partial charge in [0.2, 0.25) is 5.62 Å². The van der Waals surface area contributed by atoms with Crippen LogP contribution in [0.2, 0.25) is 0 Å². The third-order valence-corrected chi connectivity index (χ3v) is 7.78. The van der Waals surface area contributed by atoms with Gasteiger partial charge in [0, 0.05) is 35.8 Å². The molecule has 0 radical (unpaired) electrons. The van der Waals surface area contributed by atoms with Crippen LogP contribution >= 0.6 is 0 Å². The Bertz CT molecular complexity index is 1680. The lowest BCUT2D eigenvalue weighted by Gasteiger charge is -2.20. The number of aryl methyl sites for hydroxylation is 1. The summed E-state index contributed by atoms with van der Waals surface area (Å²) in [6.45, 7) is 1.87. The lowest BCUT2D eigenvalue weighted by Crippen LogP contribution is -2.30. The van der Waals surface area contributed by atoms with E-state index >= 15 is 0 Å². The minimum Gasteiger partial charge on any atom is -0.345 e. The molecule has 10 heteroatoms. The molecule has 0 unspecified atom stereocenters. The smallest absolute Gasteiger partial charge is 0.345 e. The molecule has 6 rings (SSSR count). The summed E-state index contributed by atoms with van der Waals surface area (Å²) in [4.78, 5) is 17.3. The van der Waals surface area contributed by atoms with E-state index < -0.39 is 17.8 Å². The molecule has 2 fully saturated rings. The second-order valence-corrected chi connectivity index (χ2v) is 11.0. The number of nitrogens with one attached hydrogen (secondary N) is 2. The van der Waals surface area contributed by atoms with Crippen molar-refractivity contribution in [3.8, 4) is 11.1 Å². The van der Waals surface area contributed by atoms with E-state index in [4.69, 9.17) is 5.41 Å². The molecule has 0 spiro atoms. The Labute approximate surface area is 234 Å². The number of imidazole rings is 1. The number of alkyl halides is 3. The quantitative estimate of drug-likeness (QED) is 0.238. The minimum atomic E-state index is -4.68. The van der Waals surface area contributed by atoms with Crippen molar-refractivity contribution in [3.63, 3.8) is 0 Å². The molecule has 2 saturated carbocycles. The summed E-state index contributed by atoms with van der Waals surface area (Å²) >= 11 is 0. The number of amides is 1. The molecule has 41 heavy (non-hydrogen) atoms. The zero-order chi connectivity index (χ0) is 28.9. The van der Waals surface area contributed by atoms with Gasteiger partial charge in [-0.1, -0.05) is 18.2 Å². The first-order valence-corrected chi connectivity index (χ1v) is 13.6. The number of carbonyl (C=O) groups excluding carboxylic acids is 1. The van der Waals surface area contributed by atoms with Crippen LogP contribution in [0.1, 0.15) is 70.5 Å². The van der Waals surface area contributed by atoms with Crippen molar-refractivity contribution >= 4 is 5.91 Å². The number of nitrogens with zero attached hydrogens (tertiary/aromatic N) is 3. The van der Waals surface area contributed by atoms with Gasteiger partial charge in [0.1, 0.15) is 5.82 Å². The minimum absolute atomic E-state index is 0.129. The average molecular weight is 564 g/mol. The Balaban J connectivity index is 1.39. The molecule has 2 N–H and O–H groups in total. The number of rotatable bonds is 8. The Hall–Kier alpha value is -4.21. The number of carbonyl (C=O) groups is 1. The van der Waals surface area contributed by atoms with Crippen molar-refractivity contribution in [1.29, 1.82) is 5.41 Å². The van der Waals surface area contributed by atoms with Gasteiger partial charge in [0.25, 0.3) is 5.91 Å². The molecule has 1 atom stereocenters. The van der Waals surface area contributed by atoms with Gasteiger partial charge in [0.15, 0.2) is 5.69 Å². The zero-order valence-electron chi connectivity index (χ0n) is 22.4. The van der Waals surface area contributed by atoms with Gasteiger partial charge >= 0.3 is 6.18 Å². The largest absolute Gasteiger partial charge is 0.433 e. The number of hydrogen-bond donors (Lipinski definition) is 2. The van der Waals surface area contributed by atoms with E-state index in [1.165, 1.54) is 24.3 Å². The second kappa shape index (κ2) is 10.3. The maximum Gasteiger partial charge on any atom is 0.433 e. The van der Waals surface area contributed by atoms with Crippen molar-refractivity contribution < 1.29 is 22.4 Å². The highest BCUT2D eigenvalue weighted by Crippen LogP contribution is 2.42. The van der Waals surface area contributed by atoms with Crippen LogP contribution < -0.4 is 10.9 Å². The van der Waals surface area contributed by atoms with E-state index in [1.807, 2.05) is 10.8 Å². The molecular weight excluding hydrogens is 534 g/mol. The molecule has 6 nitrogen and oxygen atoms in total. The number of benzene rings is 2. The fraction of sp³-hybridized carbons (Fsp3) is 0.323. The summed E-state index contributed by atoms with van der Waals surface area (Å²) in [6, 6.07) is 12.2. The highest BCUT2D eigenvalue weighted by molar-refractivity contribution is 5.96. The maximum absolute atomic E-state index is 13.9. The number of halogens is 4. The number of hydrogen-bond acceptors (Lipinski definition) is 3. The molecule has 212 valence electrons. The van der Waals surface area contributed by atoms with Gasteiger partial charge in [-0.25, -0.2) is 4.39 Å². The molecule has 2 heterocycles. The van der Waals surface area contributed by atoms with Crippen LogP contribution in [0, 0.1) is 24.1 Å². The molecule has 0 saturated heterocycles. The van der Waals surface area contributed by atoms with Crippen molar-refractivity contribution in [2.75, 3.05) is 0 Å². The first kappa shape index (κ1) is 27.0. The van der Waals surface area contributed by atoms with Gasteiger partial charge in [-0.3, -0.25) is 15.2 Å². The predicted octanol–water partition coefficient (Wildman–Crippen LogP) is 6.56. The highest BCUT2D eigenvalue weighted by atomic mass is 19.4. The predicted molar refractivity (Wildman–Crippen MR) is 144 cm³/mol. The van der Waals surface area contributed by atoms with Crippen molar-refractivity contribution in [3.05, 3.63) is 107 Å². The van der Waals surface area contributed by atoms with Crippen LogP contribution in [0.25, 0.3) is 11.1 Å². The molecule has 2 aliphatic carbocycles. The van der Waals surface area contributed by atoms with Crippen LogP contribution in [0.5, 0.6) is 0 Å². The molecule has 2 aromatic carbocycles. The van der Waals surface area contributed by atoms with Crippen molar-refractivity contribution in [1.82, 2.24) is 19.4 Å². The topological polar surface area (TPSA) is 75.7 Å². The van der Waals surface area contributed by atoms with E-state index in [0.29, 0.717) is 22.8 Å². The maximum atomic E-state index is 13.9. The molecule has 2 aromatic heterocycles. The molecule has 1 amide bonds. The Morgan fingerprint density at radius 1 is 1.10 bits per heavy atom. The lowest BCUT2D eigenvalue weighted by molar-refractivity contribution is -0.140. The average Bonchev–Trinajstić information content (AvgIpc) is 3.88. The van der Waals surface area contributed by atoms with Gasteiger partial charge in [-0.15, -0.1) is 0 Å². The number of aromatic nitrogens is 3. The van der Waals surface area contributed by atoms with Crippen molar-refractivity contribution in [2.45, 2.75) is 57.4 Å². The SMILES string of the molecule is Cc1cc([C@@H](NC(=O)c2cc(Cn3ccn(C4CC4)c3=N)cc(-c3cccnc3C(F)(F)F)c2)C2CC2)ccc1F. The van der Waals surface area contributed by atoms with Crippen LogP contribution in [-0.4, -0.2) is 20.0 Å². The van der Waals surface area contributed by atoms with Gasteiger partial charge < -0.3 is 14.5 Å². The summed E-state index contributed by atoms with van der Waals surface area (Å²) in [5, 5.41) is 11.6. The van der Waals surface area contributed by atoms with E-state index in [1.54, 1.807) is 42.0 Å². The fourth-order valence-electron chi connectivity index (χ4n) is 5.34. The van der Waals surface area contributed by atoms with Crippen LogP contribution in [0.3, 0.4) is 0 Å². The molecule has 0 aliphatic heterocycles. The Morgan fingerprint density at radius 2 is 1.88 bits per heavy atom. The number of pyridine rings is 1. The third kappa shape index (κ3) is 5.68. The summed E-state index contributed by atoms with van der Waals surface area (Å²) in [5.41, 5.74) is 1.39. The van der Waals surface area contributed by atoms with Crippen LogP contribution in [0.4, 0.5) is 17.6 Å². The Kier molecular flexibility index (Phi) is 6.79. The van der Waals surface area contributed by atoms with Crippen LogP contribution in [0.15, 0.2) is 67.1 Å². The standard InChI is InChI=1S/C31H29F4N5O/c1-18-13-21(6-9-26(18)32)27(20-4-5-20)38-29(41)23-15-19(17-39-11-12-40(30(39)36)24-7-8-24)14-22(16-23)25-3-2-10-37-28(25)31(33,34)35/h2-3,6,9-16,20,24,27,36H,4-5,7-8,17H2,1H3,(H,38,41)/t27-/m0/s1. The summed E-state index contributed by atoms with van der Waals surface area (Å²) in [5.74, 6) is -0.563. The normalized spacial score (nSPS) is 16.0. The summed E-state index contributed by atoms with van der Waals surface area (Å²) in [7, 11) is 0. The first-order valence-electron chi connectivity index (χ1n) is 13.6. The highest BCUT2D eigenvalue weighted by Gasteiger charge is 2.36. The molecule has 4 aromatic rings. The van der Waals surface area contributed by atoms with Gasteiger partial charge in [0.05, 0.1) is 12.6 Å². The monoisotopic (exact) mass is 563 g/mol. The van der Waals surface area contributed by atoms with Crippen molar-refractivity contribution in [2.24, 2.45) is 5.92 Å². The van der Waals surface area contributed by atoms with Gasteiger partial charge in [-0.2, -0.15) is 13.2 Å². The Morgan fingerprint density at radius 3 is 2.56 bits per heavy atom. The molecule has 0 bridgehead atoms. The summed E-state index contributed by atoms with van der Waals surface area (Å²) < 4.78 is 59.2. The van der Waals surface area contributed by atoms with E-state index in [9.17, 15) is 22.4 Å². The molecule has 2 aliphatic rings. The first-order chi connectivity index (χ1) is 19.6. The molecular formula is C31H29F4N5O. The van der Waals surface area contributed by atoms with E-state index in [2.05, 4.69) is 10.3 Å². The summed E-state index contributed by atoms with van der Waals surface area (Å²) in [6.07, 6.45) is 3.88. The van der Waals surface area contributed by atoms with Crippen LogP contribution in [-0.2, 0) is 12.7 Å². The zero-order valence-corrected chi connectivity index (χ0v) is 22.4. The van der Waals surface area contributed by atoms with E-state index in [-0.39, 0.29) is 41.0 Å². The lowest BCUT2D eigenvalue weighted by atomic mass is 9.96.